The van der Waals surface area contributed by atoms with Gasteiger partial charge >= 0.3 is 0 Å². The molecular weight excluding hydrogens is 394 g/mol. The molecule has 2 atom stereocenters. The van der Waals surface area contributed by atoms with Gasteiger partial charge in [0.15, 0.2) is 17.4 Å². The first kappa shape index (κ1) is 22.0. The maximum absolute atomic E-state index is 14.9. The Morgan fingerprint density at radius 1 is 1.00 bits per heavy atom. The van der Waals surface area contributed by atoms with Crippen LogP contribution in [-0.4, -0.2) is 12.5 Å². The van der Waals surface area contributed by atoms with Crippen LogP contribution in [-0.2, 0) is 0 Å². The number of hydrogen-bond donors (Lipinski definition) is 0. The van der Waals surface area contributed by atoms with Crippen molar-refractivity contribution in [1.82, 2.24) is 0 Å². The molecule has 0 saturated heterocycles. The van der Waals surface area contributed by atoms with Crippen LogP contribution in [0.15, 0.2) is 23.5 Å². The average Bonchev–Trinajstić information content (AvgIpc) is 2.70. The fraction of sp³-hybridized carbons (Fsp3) is 0.636. The van der Waals surface area contributed by atoms with E-state index < -0.39 is 59.5 Å². The van der Waals surface area contributed by atoms with Crippen molar-refractivity contribution in [2.24, 2.45) is 17.8 Å². The Bertz CT molecular complexity index is 739. The minimum atomic E-state index is -2.98. The fourth-order valence-corrected chi connectivity index (χ4v) is 4.80. The Labute approximate surface area is 167 Å². The van der Waals surface area contributed by atoms with Gasteiger partial charge in [-0.2, -0.15) is 4.39 Å². The van der Waals surface area contributed by atoms with Crippen LogP contribution < -0.4 is 4.74 Å². The summed E-state index contributed by atoms with van der Waals surface area (Å²) in [6.45, 7) is 2.11. The number of alkyl halides is 2. The standard InChI is InChI=1S/C22H26F6O/c1-2-3-12-4-6-13(7-5-12)15-10-14(11-16(19(15)24)22(27)28)29-18-9-8-17(23)20(25)21(18)26/h8-9,12-15,22H,2-7,10-11H2,1H3. The molecule has 7 heteroatoms. The molecule has 0 spiro atoms. The summed E-state index contributed by atoms with van der Waals surface area (Å²) in [5, 5.41) is 0. The minimum absolute atomic E-state index is 0.0712. The van der Waals surface area contributed by atoms with Crippen molar-refractivity contribution >= 4 is 0 Å². The van der Waals surface area contributed by atoms with Gasteiger partial charge in [0.1, 0.15) is 11.9 Å². The zero-order chi connectivity index (χ0) is 21.1. The third kappa shape index (κ3) is 4.92. The molecule has 2 aliphatic carbocycles. The van der Waals surface area contributed by atoms with E-state index >= 15 is 0 Å². The summed E-state index contributed by atoms with van der Waals surface area (Å²) < 4.78 is 87.7. The predicted molar refractivity (Wildman–Crippen MR) is 98.0 cm³/mol. The smallest absolute Gasteiger partial charge is 0.262 e. The molecule has 162 valence electrons. The van der Waals surface area contributed by atoms with Gasteiger partial charge in [-0.1, -0.05) is 32.6 Å². The van der Waals surface area contributed by atoms with E-state index in [1.165, 1.54) is 0 Å². The minimum Gasteiger partial charge on any atom is -0.487 e. The van der Waals surface area contributed by atoms with Gasteiger partial charge in [-0.15, -0.1) is 0 Å². The SMILES string of the molecule is CCCC1CCC(C2CC(Oc3ccc(F)c(F)c3F)CC(C(F)F)=C2F)CC1. The number of hydrogen-bond acceptors (Lipinski definition) is 1. The molecule has 0 amide bonds. The highest BCUT2D eigenvalue weighted by Gasteiger charge is 2.40. The monoisotopic (exact) mass is 420 g/mol. The molecule has 3 rings (SSSR count). The molecule has 2 aliphatic rings. The summed E-state index contributed by atoms with van der Waals surface area (Å²) in [6, 6.07) is 1.64. The van der Waals surface area contributed by atoms with Crippen molar-refractivity contribution in [3.8, 4) is 5.75 Å². The van der Waals surface area contributed by atoms with Gasteiger partial charge in [0.25, 0.3) is 6.43 Å². The van der Waals surface area contributed by atoms with E-state index in [9.17, 15) is 26.3 Å². The molecule has 1 aromatic rings. The van der Waals surface area contributed by atoms with Crippen LogP contribution in [0, 0.1) is 35.2 Å². The number of benzene rings is 1. The normalized spacial score (nSPS) is 28.1. The lowest BCUT2D eigenvalue weighted by Crippen LogP contribution is -2.34. The number of rotatable bonds is 6. The van der Waals surface area contributed by atoms with E-state index in [4.69, 9.17) is 4.74 Å². The summed E-state index contributed by atoms with van der Waals surface area (Å²) in [7, 11) is 0. The van der Waals surface area contributed by atoms with E-state index in [1.54, 1.807) is 0 Å². The fourth-order valence-electron chi connectivity index (χ4n) is 4.80. The molecular formula is C22H26F6O. The number of halogens is 6. The van der Waals surface area contributed by atoms with E-state index in [1.807, 2.05) is 0 Å². The van der Waals surface area contributed by atoms with Crippen LogP contribution in [0.2, 0.25) is 0 Å². The van der Waals surface area contributed by atoms with Gasteiger partial charge in [0, 0.05) is 17.9 Å². The Hall–Kier alpha value is -1.66. The second kappa shape index (κ2) is 9.43. The Morgan fingerprint density at radius 3 is 2.31 bits per heavy atom. The van der Waals surface area contributed by atoms with E-state index in [-0.39, 0.29) is 12.3 Å². The van der Waals surface area contributed by atoms with Gasteiger partial charge in [-0.05, 0) is 43.2 Å². The van der Waals surface area contributed by atoms with E-state index in [2.05, 4.69) is 6.92 Å². The Morgan fingerprint density at radius 2 is 1.69 bits per heavy atom. The van der Waals surface area contributed by atoms with E-state index in [0.29, 0.717) is 12.0 Å². The van der Waals surface area contributed by atoms with Gasteiger partial charge in [-0.3, -0.25) is 0 Å². The molecule has 2 unspecified atom stereocenters. The second-order valence-corrected chi connectivity index (χ2v) is 8.20. The van der Waals surface area contributed by atoms with Crippen molar-refractivity contribution in [1.29, 1.82) is 0 Å². The van der Waals surface area contributed by atoms with Crippen LogP contribution in [0.1, 0.15) is 58.3 Å². The van der Waals surface area contributed by atoms with Gasteiger partial charge in [0.2, 0.25) is 5.82 Å². The molecule has 0 N–H and O–H groups in total. The first-order valence-electron chi connectivity index (χ1n) is 10.3. The summed E-state index contributed by atoms with van der Waals surface area (Å²) >= 11 is 0. The van der Waals surface area contributed by atoms with Crippen LogP contribution >= 0.6 is 0 Å². The van der Waals surface area contributed by atoms with Crippen LogP contribution in [0.4, 0.5) is 26.3 Å². The number of allylic oxidation sites excluding steroid dienone is 1. The number of ether oxygens (including phenoxy) is 1. The molecule has 0 aliphatic heterocycles. The molecule has 0 aromatic heterocycles. The largest absolute Gasteiger partial charge is 0.487 e. The van der Waals surface area contributed by atoms with Gasteiger partial charge < -0.3 is 4.74 Å². The Kier molecular flexibility index (Phi) is 7.17. The summed E-state index contributed by atoms with van der Waals surface area (Å²) in [5.41, 5.74) is -0.620. The molecule has 1 fully saturated rings. The predicted octanol–water partition coefficient (Wildman–Crippen LogP) is 7.36. The lowest BCUT2D eigenvalue weighted by Gasteiger charge is -2.38. The molecule has 0 radical (unpaired) electrons. The van der Waals surface area contributed by atoms with Crippen molar-refractivity contribution in [3.05, 3.63) is 41.0 Å². The molecule has 1 aromatic carbocycles. The zero-order valence-electron chi connectivity index (χ0n) is 16.4. The quantitative estimate of drug-likeness (QED) is 0.345. The molecule has 29 heavy (non-hydrogen) atoms. The first-order valence-corrected chi connectivity index (χ1v) is 10.3. The highest BCUT2D eigenvalue weighted by atomic mass is 19.3. The third-order valence-corrected chi connectivity index (χ3v) is 6.31. The molecule has 1 nitrogen and oxygen atoms in total. The lowest BCUT2D eigenvalue weighted by molar-refractivity contribution is 0.0849. The summed E-state index contributed by atoms with van der Waals surface area (Å²) in [4.78, 5) is 0. The topological polar surface area (TPSA) is 9.23 Å². The zero-order valence-corrected chi connectivity index (χ0v) is 16.4. The average molecular weight is 420 g/mol. The van der Waals surface area contributed by atoms with E-state index in [0.717, 1.165) is 44.6 Å². The van der Waals surface area contributed by atoms with Crippen molar-refractivity contribution in [3.63, 3.8) is 0 Å². The highest BCUT2D eigenvalue weighted by Crippen LogP contribution is 2.45. The maximum atomic E-state index is 14.9. The van der Waals surface area contributed by atoms with Crippen LogP contribution in [0.5, 0.6) is 5.75 Å². The third-order valence-electron chi connectivity index (χ3n) is 6.31. The summed E-state index contributed by atoms with van der Waals surface area (Å²) in [6.07, 6.45) is 1.40. The second-order valence-electron chi connectivity index (χ2n) is 8.20. The van der Waals surface area contributed by atoms with Crippen molar-refractivity contribution in [2.75, 3.05) is 0 Å². The summed E-state index contributed by atoms with van der Waals surface area (Å²) in [5.74, 6) is -6.06. The first-order chi connectivity index (χ1) is 13.8. The van der Waals surface area contributed by atoms with Crippen molar-refractivity contribution in [2.45, 2.75) is 70.8 Å². The van der Waals surface area contributed by atoms with Crippen LogP contribution in [0.3, 0.4) is 0 Å². The van der Waals surface area contributed by atoms with Crippen LogP contribution in [0.25, 0.3) is 0 Å². The molecule has 1 saturated carbocycles. The maximum Gasteiger partial charge on any atom is 0.262 e. The van der Waals surface area contributed by atoms with Gasteiger partial charge in [-0.25, -0.2) is 22.0 Å². The van der Waals surface area contributed by atoms with Gasteiger partial charge in [0.05, 0.1) is 0 Å². The van der Waals surface area contributed by atoms with Crippen molar-refractivity contribution < 1.29 is 31.1 Å². The molecule has 0 bridgehead atoms. The lowest BCUT2D eigenvalue weighted by atomic mass is 9.70. The molecule has 0 heterocycles. The Balaban J connectivity index is 1.77. The highest BCUT2D eigenvalue weighted by molar-refractivity contribution is 5.27.